The van der Waals surface area contributed by atoms with E-state index in [1.165, 1.54) is 17.4 Å². The zero-order chi connectivity index (χ0) is 18.1. The summed E-state index contributed by atoms with van der Waals surface area (Å²) in [7, 11) is 0. The highest BCUT2D eigenvalue weighted by molar-refractivity contribution is 7.13. The number of nitrogens with zero attached hydrogens (tertiary/aromatic N) is 2. The number of hydrogen-bond acceptors (Lipinski definition) is 4. The van der Waals surface area contributed by atoms with Crippen molar-refractivity contribution in [2.45, 2.75) is 20.8 Å². The zero-order valence-electron chi connectivity index (χ0n) is 13.9. The average molecular weight is 376 g/mol. The molecule has 4 nitrogen and oxygen atoms in total. The summed E-state index contributed by atoms with van der Waals surface area (Å²) in [6, 6.07) is 6.34. The van der Waals surface area contributed by atoms with Gasteiger partial charge in [0, 0.05) is 11.1 Å². The van der Waals surface area contributed by atoms with Gasteiger partial charge in [-0.25, -0.2) is 14.4 Å². The van der Waals surface area contributed by atoms with E-state index in [1.807, 2.05) is 18.4 Å². The van der Waals surface area contributed by atoms with Crippen molar-refractivity contribution in [3.63, 3.8) is 0 Å². The van der Waals surface area contributed by atoms with Crippen LogP contribution in [0.25, 0.3) is 11.1 Å². The van der Waals surface area contributed by atoms with E-state index in [0.29, 0.717) is 22.1 Å². The Kier molecular flexibility index (Phi) is 4.83. The van der Waals surface area contributed by atoms with Gasteiger partial charge in [0.2, 0.25) is 0 Å². The van der Waals surface area contributed by atoms with Crippen LogP contribution in [0.4, 0.5) is 9.52 Å². The highest BCUT2D eigenvalue weighted by Gasteiger charge is 2.17. The van der Waals surface area contributed by atoms with Crippen LogP contribution in [0.3, 0.4) is 0 Å². The Morgan fingerprint density at radius 3 is 2.56 bits per heavy atom. The lowest BCUT2D eigenvalue weighted by atomic mass is 9.98. The number of thiazole rings is 1. The van der Waals surface area contributed by atoms with Gasteiger partial charge < -0.3 is 0 Å². The van der Waals surface area contributed by atoms with E-state index in [9.17, 15) is 9.18 Å². The van der Waals surface area contributed by atoms with E-state index in [0.717, 1.165) is 16.8 Å². The van der Waals surface area contributed by atoms with Crippen molar-refractivity contribution in [3.8, 4) is 11.1 Å². The summed E-state index contributed by atoms with van der Waals surface area (Å²) >= 11 is 7.25. The minimum atomic E-state index is -0.481. The summed E-state index contributed by atoms with van der Waals surface area (Å²) in [4.78, 5) is 21.2. The van der Waals surface area contributed by atoms with Crippen molar-refractivity contribution < 1.29 is 9.18 Å². The summed E-state index contributed by atoms with van der Waals surface area (Å²) in [5.74, 6) is -0.809. The number of nitrogens with one attached hydrogen (secondary N) is 1. The zero-order valence-corrected chi connectivity index (χ0v) is 15.4. The molecule has 0 unspecified atom stereocenters. The molecule has 0 bridgehead atoms. The number of hydrogen-bond donors (Lipinski definition) is 1. The number of rotatable bonds is 3. The number of aryl methyl sites for hydroxylation is 2. The SMILES string of the molecule is Cc1csc(NC(=O)c2nc(C)cc(-c3ccc(F)c(Cl)c3)c2C)n1. The van der Waals surface area contributed by atoms with Gasteiger partial charge >= 0.3 is 0 Å². The lowest BCUT2D eigenvalue weighted by Gasteiger charge is -2.12. The van der Waals surface area contributed by atoms with Crippen LogP contribution < -0.4 is 5.32 Å². The second-order valence-electron chi connectivity index (χ2n) is 5.66. The Balaban J connectivity index is 2.02. The standard InChI is InChI=1S/C18H15ClFN3OS/c1-9-6-13(12-4-5-15(20)14(19)7-12)11(3)16(21-9)17(24)23-18-22-10(2)8-25-18/h4-8H,1-3H3,(H,22,23,24). The molecular weight excluding hydrogens is 361 g/mol. The fraction of sp³-hybridized carbons (Fsp3) is 0.167. The number of halogens is 2. The maximum atomic E-state index is 13.4. The molecular formula is C18H15ClFN3OS. The number of benzene rings is 1. The molecule has 1 aromatic carbocycles. The molecule has 0 spiro atoms. The summed E-state index contributed by atoms with van der Waals surface area (Å²) in [5.41, 5.74) is 4.04. The molecule has 1 amide bonds. The molecule has 7 heteroatoms. The number of aromatic nitrogens is 2. The molecule has 25 heavy (non-hydrogen) atoms. The molecule has 0 saturated carbocycles. The second kappa shape index (κ2) is 6.90. The molecule has 0 radical (unpaired) electrons. The Morgan fingerprint density at radius 1 is 1.16 bits per heavy atom. The monoisotopic (exact) mass is 375 g/mol. The highest BCUT2D eigenvalue weighted by Crippen LogP contribution is 2.29. The minimum absolute atomic E-state index is 0.0376. The van der Waals surface area contributed by atoms with E-state index in [2.05, 4.69) is 15.3 Å². The maximum Gasteiger partial charge on any atom is 0.276 e. The fourth-order valence-electron chi connectivity index (χ4n) is 2.49. The van der Waals surface area contributed by atoms with Crippen LogP contribution in [-0.4, -0.2) is 15.9 Å². The first-order chi connectivity index (χ1) is 11.8. The third-order valence-electron chi connectivity index (χ3n) is 3.69. The molecule has 2 aromatic heterocycles. The number of pyridine rings is 1. The molecule has 0 aliphatic rings. The van der Waals surface area contributed by atoms with Crippen molar-refractivity contribution >= 4 is 34.0 Å². The van der Waals surface area contributed by atoms with Gasteiger partial charge in [0.05, 0.1) is 10.7 Å². The first-order valence-corrected chi connectivity index (χ1v) is 8.78. The van der Waals surface area contributed by atoms with Gasteiger partial charge in [-0.15, -0.1) is 11.3 Å². The number of carbonyl (C=O) groups excluding carboxylic acids is 1. The first kappa shape index (κ1) is 17.5. The van der Waals surface area contributed by atoms with Gasteiger partial charge in [-0.1, -0.05) is 17.7 Å². The molecule has 128 valence electrons. The Morgan fingerprint density at radius 2 is 1.92 bits per heavy atom. The first-order valence-electron chi connectivity index (χ1n) is 7.52. The highest BCUT2D eigenvalue weighted by atomic mass is 35.5. The van der Waals surface area contributed by atoms with Gasteiger partial charge in [0.1, 0.15) is 11.5 Å². The second-order valence-corrected chi connectivity index (χ2v) is 6.93. The molecule has 0 aliphatic carbocycles. The Bertz CT molecular complexity index is 971. The van der Waals surface area contributed by atoms with Gasteiger partial charge in [-0.2, -0.15) is 0 Å². The molecule has 3 rings (SSSR count). The third kappa shape index (κ3) is 3.70. The molecule has 2 heterocycles. The molecule has 0 atom stereocenters. The van der Waals surface area contributed by atoms with Crippen molar-refractivity contribution in [2.24, 2.45) is 0 Å². The average Bonchev–Trinajstić information content (AvgIpc) is 2.97. The summed E-state index contributed by atoms with van der Waals surface area (Å²) in [5, 5.41) is 5.19. The normalized spacial score (nSPS) is 10.8. The Labute approximate surface area is 153 Å². The summed E-state index contributed by atoms with van der Waals surface area (Å²) < 4.78 is 13.4. The number of carbonyl (C=O) groups is 1. The van der Waals surface area contributed by atoms with Crippen molar-refractivity contribution in [3.05, 3.63) is 63.1 Å². The van der Waals surface area contributed by atoms with Crippen LogP contribution in [0.1, 0.15) is 27.4 Å². The van der Waals surface area contributed by atoms with Gasteiger partial charge in [0.25, 0.3) is 5.91 Å². The molecule has 0 aliphatic heterocycles. The van der Waals surface area contributed by atoms with Crippen molar-refractivity contribution in [1.82, 2.24) is 9.97 Å². The predicted octanol–water partition coefficient (Wildman–Crippen LogP) is 5.18. The van der Waals surface area contributed by atoms with E-state index in [-0.39, 0.29) is 10.9 Å². The van der Waals surface area contributed by atoms with Crippen LogP contribution in [0.5, 0.6) is 0 Å². The number of anilines is 1. The lowest BCUT2D eigenvalue weighted by Crippen LogP contribution is -2.16. The van der Waals surface area contributed by atoms with E-state index < -0.39 is 5.82 Å². The largest absolute Gasteiger partial charge is 0.296 e. The molecule has 3 aromatic rings. The maximum absolute atomic E-state index is 13.4. The van der Waals surface area contributed by atoms with E-state index in [1.54, 1.807) is 26.0 Å². The quantitative estimate of drug-likeness (QED) is 0.686. The molecule has 0 saturated heterocycles. The summed E-state index contributed by atoms with van der Waals surface area (Å²) in [6.07, 6.45) is 0. The third-order valence-corrected chi connectivity index (χ3v) is 4.85. The molecule has 0 fully saturated rings. The van der Waals surface area contributed by atoms with Crippen LogP contribution in [0.2, 0.25) is 5.02 Å². The van der Waals surface area contributed by atoms with Crippen molar-refractivity contribution in [2.75, 3.05) is 5.32 Å². The van der Waals surface area contributed by atoms with Crippen LogP contribution in [0, 0.1) is 26.6 Å². The Hall–Kier alpha value is -2.31. The van der Waals surface area contributed by atoms with Crippen LogP contribution in [0.15, 0.2) is 29.6 Å². The summed E-state index contributed by atoms with van der Waals surface area (Å²) in [6.45, 7) is 5.47. The number of amides is 1. The lowest BCUT2D eigenvalue weighted by molar-refractivity contribution is 0.102. The van der Waals surface area contributed by atoms with Gasteiger partial charge in [0.15, 0.2) is 5.13 Å². The predicted molar refractivity (Wildman–Crippen MR) is 98.9 cm³/mol. The minimum Gasteiger partial charge on any atom is -0.296 e. The van der Waals surface area contributed by atoms with Gasteiger partial charge in [-0.05, 0) is 55.7 Å². The van der Waals surface area contributed by atoms with E-state index >= 15 is 0 Å². The van der Waals surface area contributed by atoms with E-state index in [4.69, 9.17) is 11.6 Å². The smallest absolute Gasteiger partial charge is 0.276 e. The molecule has 1 N–H and O–H groups in total. The van der Waals surface area contributed by atoms with Gasteiger partial charge in [-0.3, -0.25) is 10.1 Å². The topological polar surface area (TPSA) is 54.9 Å². The fourth-order valence-corrected chi connectivity index (χ4v) is 3.35. The van der Waals surface area contributed by atoms with Crippen molar-refractivity contribution in [1.29, 1.82) is 0 Å². The van der Waals surface area contributed by atoms with Crippen LogP contribution in [-0.2, 0) is 0 Å². The van der Waals surface area contributed by atoms with Crippen LogP contribution >= 0.6 is 22.9 Å².